The summed E-state index contributed by atoms with van der Waals surface area (Å²) >= 11 is 0. The van der Waals surface area contributed by atoms with E-state index in [1.54, 1.807) is 0 Å². The Balaban J connectivity index is 1.67. The van der Waals surface area contributed by atoms with Crippen molar-refractivity contribution < 1.29 is 4.79 Å². The van der Waals surface area contributed by atoms with Gasteiger partial charge in [-0.15, -0.1) is 0 Å². The molecule has 5 nitrogen and oxygen atoms in total. The Hall–Kier alpha value is -1.59. The van der Waals surface area contributed by atoms with Crippen molar-refractivity contribution in [1.82, 2.24) is 20.0 Å². The van der Waals surface area contributed by atoms with Crippen LogP contribution in [0.2, 0.25) is 0 Å². The monoisotopic (exact) mass is 344 g/mol. The number of nitrogens with zero attached hydrogens (tertiary/aromatic N) is 3. The van der Waals surface area contributed by atoms with E-state index >= 15 is 0 Å². The van der Waals surface area contributed by atoms with Crippen LogP contribution in [0.3, 0.4) is 0 Å². The van der Waals surface area contributed by atoms with Crippen LogP contribution in [0.1, 0.15) is 37.8 Å². The van der Waals surface area contributed by atoms with Gasteiger partial charge in [-0.1, -0.05) is 30.3 Å². The van der Waals surface area contributed by atoms with Crippen LogP contribution in [0, 0.1) is 0 Å². The van der Waals surface area contributed by atoms with E-state index in [4.69, 9.17) is 0 Å². The lowest BCUT2D eigenvalue weighted by molar-refractivity contribution is 0.131. The molecule has 2 fully saturated rings. The topological polar surface area (TPSA) is 38.8 Å². The maximum atomic E-state index is 12.9. The average Bonchev–Trinajstić information content (AvgIpc) is 2.64. The Morgan fingerprint density at radius 3 is 2.52 bits per heavy atom. The minimum atomic E-state index is 0.0474. The van der Waals surface area contributed by atoms with E-state index in [0.717, 1.165) is 52.1 Å². The number of benzene rings is 1. The fourth-order valence-corrected chi connectivity index (χ4v) is 3.84. The number of piperidine rings is 1. The van der Waals surface area contributed by atoms with E-state index in [9.17, 15) is 4.79 Å². The summed E-state index contributed by atoms with van der Waals surface area (Å²) in [5.41, 5.74) is 1.19. The van der Waals surface area contributed by atoms with Gasteiger partial charge in [-0.2, -0.15) is 0 Å². The number of amides is 2. The highest BCUT2D eigenvalue weighted by Crippen LogP contribution is 2.20. The number of likely N-dealkylation sites (tertiary alicyclic amines) is 1. The number of hydrogen-bond donors (Lipinski definition) is 1. The first-order valence-corrected chi connectivity index (χ1v) is 9.66. The number of rotatable bonds is 4. The highest BCUT2D eigenvalue weighted by atomic mass is 16.2. The molecule has 138 valence electrons. The molecule has 0 unspecified atom stereocenters. The molecule has 0 saturated carbocycles. The van der Waals surface area contributed by atoms with Crippen LogP contribution >= 0.6 is 0 Å². The van der Waals surface area contributed by atoms with Crippen molar-refractivity contribution in [2.75, 3.05) is 46.3 Å². The van der Waals surface area contributed by atoms with Crippen molar-refractivity contribution in [3.05, 3.63) is 35.9 Å². The molecule has 2 atom stereocenters. The van der Waals surface area contributed by atoms with Crippen molar-refractivity contribution in [1.29, 1.82) is 0 Å². The molecule has 1 aromatic carbocycles. The summed E-state index contributed by atoms with van der Waals surface area (Å²) in [6.45, 7) is 8.24. The second-order valence-corrected chi connectivity index (χ2v) is 7.55. The van der Waals surface area contributed by atoms with Gasteiger partial charge in [-0.05, 0) is 38.8 Å². The number of likely N-dealkylation sites (N-methyl/N-ethyl adjacent to an activating group) is 1. The number of carbonyl (C=O) groups is 1. The molecular weight excluding hydrogens is 312 g/mol. The zero-order valence-corrected chi connectivity index (χ0v) is 15.7. The number of urea groups is 1. The molecule has 1 aromatic rings. The zero-order chi connectivity index (χ0) is 17.6. The minimum absolute atomic E-state index is 0.0474. The third-order valence-electron chi connectivity index (χ3n) is 5.60. The standard InChI is InChI=1S/C20H32N4O/c1-17-8-6-7-11-24(17)20(25)21-19(18-9-4-3-5-10-18)16-23-14-12-22(2)13-15-23/h3-5,9-10,17,19H,6-8,11-16H2,1-2H3,(H,21,25)/t17-,19+/m1/s1. The second kappa shape index (κ2) is 8.68. The Bertz CT molecular complexity index is 542. The molecule has 2 aliphatic rings. The first-order valence-electron chi connectivity index (χ1n) is 9.66. The molecule has 0 aliphatic carbocycles. The first kappa shape index (κ1) is 18.2. The summed E-state index contributed by atoms with van der Waals surface area (Å²) < 4.78 is 0. The van der Waals surface area contributed by atoms with Gasteiger partial charge in [-0.3, -0.25) is 4.90 Å². The molecule has 2 aliphatic heterocycles. The molecule has 5 heteroatoms. The minimum Gasteiger partial charge on any atom is -0.330 e. The Morgan fingerprint density at radius 1 is 1.12 bits per heavy atom. The number of hydrogen-bond acceptors (Lipinski definition) is 3. The van der Waals surface area contributed by atoms with Gasteiger partial charge < -0.3 is 15.1 Å². The lowest BCUT2D eigenvalue weighted by Crippen LogP contribution is -2.51. The van der Waals surface area contributed by atoms with Crippen molar-refractivity contribution in [2.45, 2.75) is 38.3 Å². The summed E-state index contributed by atoms with van der Waals surface area (Å²) in [6, 6.07) is 10.9. The zero-order valence-electron chi connectivity index (χ0n) is 15.7. The van der Waals surface area contributed by atoms with Gasteiger partial charge in [0.2, 0.25) is 0 Å². The molecular formula is C20H32N4O. The predicted molar refractivity (Wildman–Crippen MR) is 102 cm³/mol. The van der Waals surface area contributed by atoms with Crippen molar-refractivity contribution in [3.8, 4) is 0 Å². The molecule has 1 N–H and O–H groups in total. The van der Waals surface area contributed by atoms with Gasteiger partial charge >= 0.3 is 6.03 Å². The van der Waals surface area contributed by atoms with Crippen LogP contribution in [-0.4, -0.2) is 73.1 Å². The highest BCUT2D eigenvalue weighted by Gasteiger charge is 2.27. The highest BCUT2D eigenvalue weighted by molar-refractivity contribution is 5.75. The lowest BCUT2D eigenvalue weighted by atomic mass is 10.0. The maximum absolute atomic E-state index is 12.9. The van der Waals surface area contributed by atoms with Gasteiger partial charge in [0, 0.05) is 45.3 Å². The Labute approximate surface area is 152 Å². The van der Waals surface area contributed by atoms with Crippen LogP contribution < -0.4 is 5.32 Å². The number of piperazine rings is 1. The van der Waals surface area contributed by atoms with Gasteiger partial charge in [0.15, 0.2) is 0 Å². The van der Waals surface area contributed by atoms with Crippen LogP contribution in [0.15, 0.2) is 30.3 Å². The lowest BCUT2D eigenvalue weighted by Gasteiger charge is -2.37. The molecule has 3 rings (SSSR count). The normalized spacial score (nSPS) is 24.1. The summed E-state index contributed by atoms with van der Waals surface area (Å²) in [5, 5.41) is 3.32. The fourth-order valence-electron chi connectivity index (χ4n) is 3.84. The van der Waals surface area contributed by atoms with E-state index in [2.05, 4.69) is 53.4 Å². The van der Waals surface area contributed by atoms with Crippen molar-refractivity contribution in [2.24, 2.45) is 0 Å². The third-order valence-corrected chi connectivity index (χ3v) is 5.60. The van der Waals surface area contributed by atoms with Crippen LogP contribution in [-0.2, 0) is 0 Å². The third kappa shape index (κ3) is 4.95. The molecule has 0 radical (unpaired) electrons. The number of nitrogens with one attached hydrogen (secondary N) is 1. The van der Waals surface area contributed by atoms with E-state index < -0.39 is 0 Å². The smallest absolute Gasteiger partial charge is 0.318 e. The van der Waals surface area contributed by atoms with Crippen molar-refractivity contribution >= 4 is 6.03 Å². The number of carbonyl (C=O) groups excluding carboxylic acids is 1. The Kier molecular flexibility index (Phi) is 6.32. The van der Waals surface area contributed by atoms with Crippen LogP contribution in [0.4, 0.5) is 4.79 Å². The van der Waals surface area contributed by atoms with Crippen LogP contribution in [0.25, 0.3) is 0 Å². The largest absolute Gasteiger partial charge is 0.330 e. The SMILES string of the molecule is C[C@@H]1CCCCN1C(=O)N[C@@H](CN1CCN(C)CC1)c1ccccc1. The van der Waals surface area contributed by atoms with Crippen molar-refractivity contribution in [3.63, 3.8) is 0 Å². The summed E-state index contributed by atoms with van der Waals surface area (Å²) in [7, 11) is 2.17. The molecule has 25 heavy (non-hydrogen) atoms. The van der Waals surface area contributed by atoms with Gasteiger partial charge in [0.05, 0.1) is 6.04 Å². The predicted octanol–water partition coefficient (Wildman–Crippen LogP) is 2.56. The fraction of sp³-hybridized carbons (Fsp3) is 0.650. The maximum Gasteiger partial charge on any atom is 0.318 e. The van der Waals surface area contributed by atoms with E-state index in [0.29, 0.717) is 6.04 Å². The van der Waals surface area contributed by atoms with Gasteiger partial charge in [0.1, 0.15) is 0 Å². The first-order chi connectivity index (χ1) is 12.1. The van der Waals surface area contributed by atoms with E-state index in [-0.39, 0.29) is 12.1 Å². The van der Waals surface area contributed by atoms with Gasteiger partial charge in [-0.25, -0.2) is 4.79 Å². The molecule has 0 bridgehead atoms. The molecule has 2 saturated heterocycles. The molecule has 0 aromatic heterocycles. The molecule has 2 heterocycles. The second-order valence-electron chi connectivity index (χ2n) is 7.55. The summed E-state index contributed by atoms with van der Waals surface area (Å²) in [4.78, 5) is 19.7. The van der Waals surface area contributed by atoms with E-state index in [1.807, 2.05) is 11.0 Å². The Morgan fingerprint density at radius 2 is 1.84 bits per heavy atom. The quantitative estimate of drug-likeness (QED) is 0.912. The van der Waals surface area contributed by atoms with Crippen LogP contribution in [0.5, 0.6) is 0 Å². The average molecular weight is 345 g/mol. The molecule has 0 spiro atoms. The molecule has 2 amide bonds. The summed E-state index contributed by atoms with van der Waals surface area (Å²) in [5.74, 6) is 0. The van der Waals surface area contributed by atoms with Gasteiger partial charge in [0.25, 0.3) is 0 Å². The van der Waals surface area contributed by atoms with E-state index in [1.165, 1.54) is 12.0 Å². The summed E-state index contributed by atoms with van der Waals surface area (Å²) in [6.07, 6.45) is 3.46.